The van der Waals surface area contributed by atoms with Gasteiger partial charge in [0.1, 0.15) is 19.3 Å². The topological polar surface area (TPSA) is 44.8 Å². The van der Waals surface area contributed by atoms with Crippen LogP contribution < -0.4 is 9.47 Å². The molecule has 1 unspecified atom stereocenters. The Kier molecular flexibility index (Phi) is 11.8. The highest BCUT2D eigenvalue weighted by Gasteiger charge is 2.19. The molecule has 0 aromatic heterocycles. The van der Waals surface area contributed by atoms with E-state index in [0.29, 0.717) is 31.1 Å². The molecule has 3 aromatic carbocycles. The van der Waals surface area contributed by atoms with Crippen molar-refractivity contribution in [1.29, 1.82) is 0 Å². The quantitative estimate of drug-likeness (QED) is 0.252. The van der Waals surface area contributed by atoms with Gasteiger partial charge in [-0.15, -0.1) is 0 Å². The number of rotatable bonds is 10. The molecule has 0 N–H and O–H groups in total. The van der Waals surface area contributed by atoms with Crippen LogP contribution in [0.15, 0.2) is 77.3 Å². The first-order chi connectivity index (χ1) is 16.4. The third kappa shape index (κ3) is 8.90. The molecule has 0 bridgehead atoms. The Morgan fingerprint density at radius 3 is 1.79 bits per heavy atom. The number of carbonyl (C=O) groups is 1. The van der Waals surface area contributed by atoms with Crippen LogP contribution in [0.5, 0.6) is 11.5 Å². The van der Waals surface area contributed by atoms with Crippen molar-refractivity contribution < 1.29 is 19.0 Å². The molecule has 0 saturated heterocycles. The Morgan fingerprint density at radius 2 is 1.32 bits per heavy atom. The normalized spacial score (nSPS) is 11.0. The SMILES string of the molecule is CB(C)C(=O)OC(C)Cc1cc(OCc2ccccc2)c(OCc2ccccc2)cc1Br.CC. The van der Waals surface area contributed by atoms with Crippen LogP contribution in [-0.2, 0) is 24.4 Å². The van der Waals surface area contributed by atoms with Gasteiger partial charge in [-0.2, -0.15) is 0 Å². The van der Waals surface area contributed by atoms with E-state index in [2.05, 4.69) is 15.9 Å². The van der Waals surface area contributed by atoms with Gasteiger partial charge in [0.15, 0.2) is 11.5 Å². The maximum Gasteiger partial charge on any atom is 0.271 e. The Hall–Kier alpha value is -2.73. The van der Waals surface area contributed by atoms with Crippen molar-refractivity contribution >= 4 is 28.5 Å². The maximum atomic E-state index is 12.0. The number of halogens is 1. The van der Waals surface area contributed by atoms with Crippen LogP contribution >= 0.6 is 15.9 Å². The molecular weight excluding hydrogens is 491 g/mol. The number of ether oxygens (including phenoxy) is 3. The van der Waals surface area contributed by atoms with E-state index in [9.17, 15) is 4.79 Å². The van der Waals surface area contributed by atoms with Gasteiger partial charge in [0.05, 0.1) is 0 Å². The van der Waals surface area contributed by atoms with Crippen molar-refractivity contribution in [2.24, 2.45) is 0 Å². The second-order valence-electron chi connectivity index (χ2n) is 8.05. The summed E-state index contributed by atoms with van der Waals surface area (Å²) >= 11 is 3.65. The molecule has 0 radical (unpaired) electrons. The lowest BCUT2D eigenvalue weighted by molar-refractivity contribution is 0.130. The summed E-state index contributed by atoms with van der Waals surface area (Å²) in [6.07, 6.45) is 0.318. The summed E-state index contributed by atoms with van der Waals surface area (Å²) in [5.41, 5.74) is 3.14. The zero-order chi connectivity index (χ0) is 24.9. The molecule has 0 aliphatic carbocycles. The minimum atomic E-state index is -0.251. The lowest BCUT2D eigenvalue weighted by atomic mass is 9.55. The van der Waals surface area contributed by atoms with Gasteiger partial charge >= 0.3 is 0 Å². The first-order valence-electron chi connectivity index (χ1n) is 11.8. The van der Waals surface area contributed by atoms with Crippen molar-refractivity contribution in [3.63, 3.8) is 0 Å². The zero-order valence-electron chi connectivity index (χ0n) is 20.7. The largest absolute Gasteiger partial charge is 0.485 e. The molecule has 4 nitrogen and oxygen atoms in total. The second kappa shape index (κ2) is 14.5. The first kappa shape index (κ1) is 27.5. The molecular formula is C28H34BBrO4. The highest BCUT2D eigenvalue weighted by Crippen LogP contribution is 2.35. The van der Waals surface area contributed by atoms with E-state index < -0.39 is 0 Å². The summed E-state index contributed by atoms with van der Waals surface area (Å²) in [7, 11) is 0. The van der Waals surface area contributed by atoms with Crippen LogP contribution in [0.2, 0.25) is 13.6 Å². The van der Waals surface area contributed by atoms with E-state index in [1.54, 1.807) is 0 Å². The van der Waals surface area contributed by atoms with E-state index in [1.165, 1.54) is 0 Å². The van der Waals surface area contributed by atoms with Crippen LogP contribution in [0.3, 0.4) is 0 Å². The van der Waals surface area contributed by atoms with Gasteiger partial charge in [-0.3, -0.25) is 4.79 Å². The van der Waals surface area contributed by atoms with Crippen LogP contribution in [0.25, 0.3) is 0 Å². The van der Waals surface area contributed by atoms with Gasteiger partial charge in [0, 0.05) is 10.9 Å². The zero-order valence-corrected chi connectivity index (χ0v) is 22.3. The van der Waals surface area contributed by atoms with Gasteiger partial charge in [0.25, 0.3) is 12.6 Å². The van der Waals surface area contributed by atoms with E-state index >= 15 is 0 Å². The molecule has 0 amide bonds. The summed E-state index contributed by atoms with van der Waals surface area (Å²) in [5.74, 6) is 1.12. The molecule has 0 spiro atoms. The fourth-order valence-corrected chi connectivity index (χ4v) is 3.60. The molecule has 0 fully saturated rings. The molecule has 3 aromatic rings. The van der Waals surface area contributed by atoms with E-state index in [-0.39, 0.29) is 18.7 Å². The number of hydrogen-bond acceptors (Lipinski definition) is 4. The molecule has 180 valence electrons. The lowest BCUT2D eigenvalue weighted by Crippen LogP contribution is -2.25. The smallest absolute Gasteiger partial charge is 0.271 e. The minimum absolute atomic E-state index is 0.153. The van der Waals surface area contributed by atoms with E-state index in [4.69, 9.17) is 14.2 Å². The Bertz CT molecular complexity index is 1010. The number of hydrogen-bond donors (Lipinski definition) is 0. The predicted molar refractivity (Wildman–Crippen MR) is 144 cm³/mol. The molecule has 0 saturated carbocycles. The standard InChI is InChI=1S/C26H28BBrO4.C2H6/c1-19(32-26(29)27(2)3)14-22-15-24(30-17-20-10-6-4-7-11-20)25(16-23(22)28)31-18-21-12-8-5-9-13-21;1-2/h4-13,15-16,19H,14,17-18H2,1-3H3;1-2H3. The maximum absolute atomic E-state index is 12.0. The highest BCUT2D eigenvalue weighted by molar-refractivity contribution is 9.10. The molecule has 0 aliphatic rings. The lowest BCUT2D eigenvalue weighted by Gasteiger charge is -2.19. The van der Waals surface area contributed by atoms with Crippen LogP contribution in [0.1, 0.15) is 37.5 Å². The van der Waals surface area contributed by atoms with Crippen LogP contribution in [-0.4, -0.2) is 18.7 Å². The molecule has 1 atom stereocenters. The van der Waals surface area contributed by atoms with Gasteiger partial charge in [-0.1, -0.05) is 104 Å². The number of carbonyl (C=O) groups excluding carboxylic acids is 1. The van der Waals surface area contributed by atoms with Crippen LogP contribution in [0.4, 0.5) is 4.79 Å². The fraction of sp³-hybridized carbons (Fsp3) is 0.321. The average Bonchev–Trinajstić information content (AvgIpc) is 2.85. The summed E-state index contributed by atoms with van der Waals surface area (Å²) < 4.78 is 18.7. The summed E-state index contributed by atoms with van der Waals surface area (Å²) in [5, 5.41) is 0. The van der Waals surface area contributed by atoms with Crippen molar-refractivity contribution in [2.75, 3.05) is 0 Å². The van der Waals surface area contributed by atoms with Gasteiger partial charge < -0.3 is 14.2 Å². The predicted octanol–water partition coefficient (Wildman–Crippen LogP) is 8.04. The van der Waals surface area contributed by atoms with Gasteiger partial charge in [-0.05, 0) is 35.7 Å². The molecule has 0 heterocycles. The second-order valence-corrected chi connectivity index (χ2v) is 8.90. The van der Waals surface area contributed by atoms with Crippen molar-refractivity contribution in [2.45, 2.75) is 60.2 Å². The third-order valence-electron chi connectivity index (χ3n) is 4.88. The van der Waals surface area contributed by atoms with E-state index in [0.717, 1.165) is 21.2 Å². The summed E-state index contributed by atoms with van der Waals surface area (Å²) in [6, 6.07) is 23.9. The van der Waals surface area contributed by atoms with Crippen LogP contribution in [0, 0.1) is 0 Å². The molecule has 0 aliphatic heterocycles. The fourth-order valence-electron chi connectivity index (χ4n) is 3.12. The van der Waals surface area contributed by atoms with Gasteiger partial charge in [0.2, 0.25) is 0 Å². The monoisotopic (exact) mass is 524 g/mol. The first-order valence-corrected chi connectivity index (χ1v) is 12.6. The Labute approximate surface area is 212 Å². The third-order valence-corrected chi connectivity index (χ3v) is 5.62. The van der Waals surface area contributed by atoms with Crippen molar-refractivity contribution in [3.05, 3.63) is 94.0 Å². The van der Waals surface area contributed by atoms with Crippen molar-refractivity contribution in [3.8, 4) is 11.5 Å². The Balaban J connectivity index is 0.00000199. The Morgan fingerprint density at radius 1 is 0.853 bits per heavy atom. The van der Waals surface area contributed by atoms with Crippen molar-refractivity contribution in [1.82, 2.24) is 0 Å². The number of benzene rings is 3. The molecule has 34 heavy (non-hydrogen) atoms. The highest BCUT2D eigenvalue weighted by atomic mass is 79.9. The van der Waals surface area contributed by atoms with E-state index in [1.807, 2.05) is 107 Å². The molecule has 3 rings (SSSR count). The summed E-state index contributed by atoms with van der Waals surface area (Å²) in [4.78, 5) is 12.0. The average molecular weight is 525 g/mol. The summed E-state index contributed by atoms with van der Waals surface area (Å²) in [6.45, 7) is 10.3. The van der Waals surface area contributed by atoms with Gasteiger partial charge in [-0.25, -0.2) is 0 Å². The molecule has 6 heteroatoms. The minimum Gasteiger partial charge on any atom is -0.485 e.